The number of alkyl halides is 3. The van der Waals surface area contributed by atoms with Gasteiger partial charge in [0, 0.05) is 23.6 Å². The molecule has 66 heavy (non-hydrogen) atoms. The molecule has 0 radical (unpaired) electrons. The van der Waals surface area contributed by atoms with Gasteiger partial charge in [0.05, 0.1) is 37.3 Å². The van der Waals surface area contributed by atoms with Crippen molar-refractivity contribution >= 4 is 71.1 Å². The number of rotatable bonds is 17. The zero-order chi connectivity index (χ0) is 48.1. The summed E-state index contributed by atoms with van der Waals surface area (Å²) >= 11 is 0. The molecule has 0 atom stereocenters. The van der Waals surface area contributed by atoms with Crippen molar-refractivity contribution in [3.05, 3.63) is 90.1 Å². The van der Waals surface area contributed by atoms with E-state index in [4.69, 9.17) is 14.2 Å². The van der Waals surface area contributed by atoms with Crippen LogP contribution in [0.25, 0.3) is 16.5 Å². The number of carbonyl (C=O) groups is 1. The van der Waals surface area contributed by atoms with E-state index in [9.17, 15) is 69.4 Å². The third-order valence-corrected chi connectivity index (χ3v) is 10.5. The number of aromatic hydroxyl groups is 2. The molecular weight excluding hydrogens is 930 g/mol. The molecule has 6 rings (SSSR count). The van der Waals surface area contributed by atoms with E-state index in [2.05, 4.69) is 35.8 Å². The summed E-state index contributed by atoms with van der Waals surface area (Å²) in [6.45, 7) is -1.81. The topological polar surface area (TPSA) is 347 Å². The number of methoxy groups -OCH3 is 1. The van der Waals surface area contributed by atoms with Gasteiger partial charge < -0.3 is 39.7 Å². The standard InChI is InChI=1S/C38H31F3N8O15S2/c1-62-21-7-9-25(30(16-21)65(56,57)58)43-44-26-17-29(64-13-11-51)27(18-28(26)63-12-10-50)45-46-32-31(66(59,60)61)15-19-14-20(6-8-22(19)35(32)52)49-36(53)33(34(48-49)37(54)55)47-42-24-5-3-2-4-23(24)38(39,40)41/h2-9,14-18,50-53H,10-13H2,1H3,(H,54,55)(H,56,57,58)(H,59,60,61). The number of ether oxygens (including phenoxy) is 3. The van der Waals surface area contributed by atoms with Crippen LogP contribution in [0.15, 0.2) is 119 Å². The SMILES string of the molecule is COc1ccc(N=Nc2cc(OCCO)c(N=Nc3c(S(=O)(=O)O)cc4cc(-n5nc(C(=O)O)c(N=Nc6ccccc6C(F)(F)F)c5O)ccc4c3O)cc2OCCO)c(S(=O)(=O)O)c1. The Morgan fingerprint density at radius 1 is 0.712 bits per heavy atom. The molecule has 6 aromatic rings. The van der Waals surface area contributed by atoms with Crippen molar-refractivity contribution in [3.8, 4) is 34.6 Å². The molecule has 1 aromatic heterocycles. The number of fused-ring (bicyclic) bond motifs is 1. The van der Waals surface area contributed by atoms with E-state index >= 15 is 0 Å². The number of phenolic OH excluding ortho intramolecular Hbond substituents is 1. The van der Waals surface area contributed by atoms with E-state index in [1.54, 1.807) is 0 Å². The molecule has 0 aliphatic rings. The molecule has 28 heteroatoms. The number of phenols is 1. The van der Waals surface area contributed by atoms with Gasteiger partial charge >= 0.3 is 12.1 Å². The monoisotopic (exact) mass is 960 g/mol. The summed E-state index contributed by atoms with van der Waals surface area (Å²) in [6, 6.07) is 13.8. The summed E-state index contributed by atoms with van der Waals surface area (Å²) in [7, 11) is -8.88. The smallest absolute Gasteiger partial charge is 0.418 e. The maximum Gasteiger partial charge on any atom is 0.418 e. The Hall–Kier alpha value is -7.63. The quantitative estimate of drug-likeness (QED) is 0.0341. The van der Waals surface area contributed by atoms with Crippen LogP contribution in [-0.4, -0.2) is 101 Å². The number of aliphatic hydroxyl groups excluding tert-OH is 2. The fourth-order valence-corrected chi connectivity index (χ4v) is 7.14. The van der Waals surface area contributed by atoms with Gasteiger partial charge in [0.2, 0.25) is 11.6 Å². The van der Waals surface area contributed by atoms with Gasteiger partial charge in [-0.1, -0.05) is 12.1 Å². The van der Waals surface area contributed by atoms with Gasteiger partial charge in [0.25, 0.3) is 20.2 Å². The second kappa shape index (κ2) is 19.2. The van der Waals surface area contributed by atoms with Gasteiger partial charge in [0.15, 0.2) is 11.4 Å². The molecule has 0 aliphatic heterocycles. The summed E-state index contributed by atoms with van der Waals surface area (Å²) in [5.74, 6) is -4.11. The number of nitrogens with zero attached hydrogens (tertiary/aromatic N) is 8. The van der Waals surface area contributed by atoms with Crippen molar-refractivity contribution in [2.45, 2.75) is 16.0 Å². The number of azo groups is 3. The summed E-state index contributed by atoms with van der Waals surface area (Å²) in [5.41, 5.74) is -5.64. The van der Waals surface area contributed by atoms with Gasteiger partial charge in [-0.05, 0) is 53.9 Å². The fourth-order valence-electron chi connectivity index (χ4n) is 5.85. The van der Waals surface area contributed by atoms with Crippen LogP contribution in [-0.2, 0) is 26.4 Å². The maximum absolute atomic E-state index is 13.5. The largest absolute Gasteiger partial charge is 0.505 e. The van der Waals surface area contributed by atoms with Gasteiger partial charge in [-0.2, -0.15) is 39.8 Å². The number of halogens is 3. The maximum atomic E-state index is 13.5. The molecule has 0 fully saturated rings. The summed E-state index contributed by atoms with van der Waals surface area (Å²) < 4.78 is 127. The number of aliphatic hydroxyl groups is 2. The fraction of sp³-hybridized carbons (Fsp3) is 0.158. The van der Waals surface area contributed by atoms with Crippen LogP contribution < -0.4 is 14.2 Å². The van der Waals surface area contributed by atoms with Crippen molar-refractivity contribution in [2.75, 3.05) is 33.5 Å². The molecule has 346 valence electrons. The molecular formula is C38H31F3N8O15S2. The normalized spacial score (nSPS) is 12.5. The van der Waals surface area contributed by atoms with Crippen LogP contribution in [0.5, 0.6) is 28.9 Å². The van der Waals surface area contributed by atoms with Gasteiger partial charge in [-0.3, -0.25) is 9.11 Å². The predicted octanol–water partition coefficient (Wildman–Crippen LogP) is 7.64. The van der Waals surface area contributed by atoms with E-state index in [1.807, 2.05) is 0 Å². The molecule has 7 N–H and O–H groups in total. The Bertz CT molecular complexity index is 3180. The number of hydrogen-bond donors (Lipinski definition) is 7. The Balaban J connectivity index is 1.44. The van der Waals surface area contributed by atoms with Gasteiger partial charge in [-0.25, -0.2) is 4.79 Å². The first-order valence-corrected chi connectivity index (χ1v) is 21.1. The molecule has 5 aromatic carbocycles. The Labute approximate surface area is 368 Å². The minimum Gasteiger partial charge on any atom is -0.505 e. The van der Waals surface area contributed by atoms with Gasteiger partial charge in [-0.15, -0.1) is 30.7 Å². The number of aromatic nitrogens is 2. The molecule has 0 aliphatic carbocycles. The van der Waals surface area contributed by atoms with E-state index in [0.29, 0.717) is 10.7 Å². The second-order valence-corrected chi connectivity index (χ2v) is 15.8. The van der Waals surface area contributed by atoms with E-state index < -0.39 is 95.3 Å². The molecule has 0 spiro atoms. The zero-order valence-corrected chi connectivity index (χ0v) is 34.9. The highest BCUT2D eigenvalue weighted by Crippen LogP contribution is 2.46. The lowest BCUT2D eigenvalue weighted by atomic mass is 10.1. The number of aromatic carboxylic acids is 1. The molecule has 0 saturated carbocycles. The summed E-state index contributed by atoms with van der Waals surface area (Å²) in [4.78, 5) is 10.4. The van der Waals surface area contributed by atoms with Crippen molar-refractivity contribution in [1.29, 1.82) is 0 Å². The number of benzene rings is 5. The van der Waals surface area contributed by atoms with E-state index in [0.717, 1.165) is 54.6 Å². The highest BCUT2D eigenvalue weighted by Gasteiger charge is 2.34. The molecule has 23 nitrogen and oxygen atoms in total. The van der Waals surface area contributed by atoms with Crippen LogP contribution in [0.4, 0.5) is 47.3 Å². The van der Waals surface area contributed by atoms with Crippen molar-refractivity contribution in [1.82, 2.24) is 9.78 Å². The number of carboxylic acids is 1. The lowest BCUT2D eigenvalue weighted by Crippen LogP contribution is -2.04. The first-order valence-electron chi connectivity index (χ1n) is 18.2. The third kappa shape index (κ3) is 10.5. The van der Waals surface area contributed by atoms with Crippen molar-refractivity contribution in [3.63, 3.8) is 0 Å². The number of carboxylic acid groups (broad SMARTS) is 1. The van der Waals surface area contributed by atoms with Gasteiger partial charge in [0.1, 0.15) is 63.0 Å². The molecule has 0 saturated heterocycles. The lowest BCUT2D eigenvalue weighted by molar-refractivity contribution is -0.137. The van der Waals surface area contributed by atoms with Crippen molar-refractivity contribution in [2.24, 2.45) is 30.7 Å². The van der Waals surface area contributed by atoms with Crippen LogP contribution in [0.1, 0.15) is 16.1 Å². The summed E-state index contributed by atoms with van der Waals surface area (Å²) in [5, 5.41) is 77.3. The minimum absolute atomic E-state index is 0.0587. The Morgan fingerprint density at radius 3 is 1.86 bits per heavy atom. The predicted molar refractivity (Wildman–Crippen MR) is 220 cm³/mol. The van der Waals surface area contributed by atoms with Crippen LogP contribution in [0.2, 0.25) is 0 Å². The first-order chi connectivity index (χ1) is 31.2. The average molecular weight is 961 g/mol. The Kier molecular flexibility index (Phi) is 13.9. The third-order valence-electron chi connectivity index (χ3n) is 8.77. The first kappa shape index (κ1) is 47.8. The highest BCUT2D eigenvalue weighted by atomic mass is 32.2. The Morgan fingerprint density at radius 2 is 1.29 bits per heavy atom. The molecule has 0 amide bonds. The molecule has 1 heterocycles. The van der Waals surface area contributed by atoms with Crippen molar-refractivity contribution < 1.29 is 83.7 Å². The highest BCUT2D eigenvalue weighted by molar-refractivity contribution is 7.86. The van der Waals surface area contributed by atoms with Crippen LogP contribution in [0, 0.1) is 0 Å². The minimum atomic E-state index is -5.29. The van der Waals surface area contributed by atoms with E-state index in [1.165, 1.54) is 25.3 Å². The molecule has 0 bridgehead atoms. The van der Waals surface area contributed by atoms with Crippen LogP contribution in [0.3, 0.4) is 0 Å². The second-order valence-electron chi connectivity index (χ2n) is 13.0. The summed E-state index contributed by atoms with van der Waals surface area (Å²) in [6.07, 6.45) is -4.86. The molecule has 0 unspecified atom stereocenters. The lowest BCUT2D eigenvalue weighted by Gasteiger charge is -2.13. The van der Waals surface area contributed by atoms with E-state index in [-0.39, 0.29) is 64.0 Å². The number of hydrogen-bond acceptors (Lipinski definition) is 19. The average Bonchev–Trinajstić information content (AvgIpc) is 3.60. The zero-order valence-electron chi connectivity index (χ0n) is 33.3. The van der Waals surface area contributed by atoms with Crippen LogP contribution >= 0.6 is 0 Å².